The van der Waals surface area contributed by atoms with Gasteiger partial charge in [-0.1, -0.05) is 19.9 Å². The van der Waals surface area contributed by atoms with Gasteiger partial charge in [0.25, 0.3) is 5.91 Å². The van der Waals surface area contributed by atoms with Crippen LogP contribution in [0.15, 0.2) is 41.9 Å². The van der Waals surface area contributed by atoms with Gasteiger partial charge < -0.3 is 9.88 Å². The highest BCUT2D eigenvalue weighted by Crippen LogP contribution is 2.26. The fourth-order valence-corrected chi connectivity index (χ4v) is 3.31. The summed E-state index contributed by atoms with van der Waals surface area (Å²) in [6.07, 6.45) is 1.74. The molecule has 4 nitrogen and oxygen atoms in total. The van der Waals surface area contributed by atoms with E-state index in [2.05, 4.69) is 40.2 Å². The maximum Gasteiger partial charge on any atom is 0.268 e. The van der Waals surface area contributed by atoms with Gasteiger partial charge in [0, 0.05) is 12.7 Å². The second-order valence-corrected chi connectivity index (χ2v) is 6.66. The zero-order valence-electron chi connectivity index (χ0n) is 12.7. The van der Waals surface area contributed by atoms with Crippen molar-refractivity contribution in [3.63, 3.8) is 0 Å². The Morgan fingerprint density at radius 1 is 1.36 bits per heavy atom. The molecule has 0 fully saturated rings. The standard InChI is InChI=1S/C17H19N3OS/c1-12(2)11-20-14-6-8-22-16(14)9-15(20)17(21)19-10-13-5-3-4-7-18-13/h3-9,12H,10-11H2,1-2H3,(H,19,21). The number of amides is 1. The summed E-state index contributed by atoms with van der Waals surface area (Å²) in [4.78, 5) is 16.8. The van der Waals surface area contributed by atoms with Crippen molar-refractivity contribution in [1.29, 1.82) is 0 Å². The molecule has 5 heteroatoms. The van der Waals surface area contributed by atoms with Gasteiger partial charge in [0.05, 0.1) is 22.5 Å². The van der Waals surface area contributed by atoms with E-state index in [1.807, 2.05) is 24.3 Å². The Hall–Kier alpha value is -2.14. The SMILES string of the molecule is CC(C)Cn1c(C(=O)NCc2ccccn2)cc2sccc21. The van der Waals surface area contributed by atoms with Gasteiger partial charge in [0.2, 0.25) is 0 Å². The molecule has 0 atom stereocenters. The summed E-state index contributed by atoms with van der Waals surface area (Å²) in [6.45, 7) is 5.61. The summed E-state index contributed by atoms with van der Waals surface area (Å²) in [5.41, 5.74) is 2.73. The van der Waals surface area contributed by atoms with E-state index in [9.17, 15) is 4.79 Å². The van der Waals surface area contributed by atoms with Gasteiger partial charge in [-0.2, -0.15) is 0 Å². The molecule has 0 saturated carbocycles. The van der Waals surface area contributed by atoms with Crippen LogP contribution in [0, 0.1) is 5.92 Å². The number of aromatic nitrogens is 2. The Labute approximate surface area is 133 Å². The maximum absolute atomic E-state index is 12.5. The molecule has 3 rings (SSSR count). The van der Waals surface area contributed by atoms with Crippen LogP contribution in [0.4, 0.5) is 0 Å². The first-order valence-corrected chi connectivity index (χ1v) is 8.28. The number of nitrogens with zero attached hydrogens (tertiary/aromatic N) is 2. The molecule has 3 heterocycles. The second kappa shape index (κ2) is 6.32. The lowest BCUT2D eigenvalue weighted by molar-refractivity contribution is 0.0941. The van der Waals surface area contributed by atoms with E-state index in [0.29, 0.717) is 12.5 Å². The zero-order chi connectivity index (χ0) is 15.5. The van der Waals surface area contributed by atoms with Crippen LogP contribution in [-0.2, 0) is 13.1 Å². The third kappa shape index (κ3) is 3.04. The molecule has 0 aliphatic carbocycles. The Balaban J connectivity index is 1.82. The molecule has 3 aromatic rings. The molecule has 0 bridgehead atoms. The van der Waals surface area contributed by atoms with E-state index in [4.69, 9.17) is 0 Å². The predicted octanol–water partition coefficient (Wildman–Crippen LogP) is 3.68. The van der Waals surface area contributed by atoms with E-state index in [1.54, 1.807) is 17.5 Å². The first-order valence-electron chi connectivity index (χ1n) is 7.40. The van der Waals surface area contributed by atoms with E-state index in [-0.39, 0.29) is 5.91 Å². The average molecular weight is 313 g/mol. The molecule has 114 valence electrons. The number of pyridine rings is 1. The molecule has 0 aromatic carbocycles. The summed E-state index contributed by atoms with van der Waals surface area (Å²) in [5, 5.41) is 5.03. The summed E-state index contributed by atoms with van der Waals surface area (Å²) in [5.74, 6) is 0.438. The van der Waals surface area contributed by atoms with Crippen molar-refractivity contribution in [1.82, 2.24) is 14.9 Å². The fourth-order valence-electron chi connectivity index (χ4n) is 2.49. The molecule has 1 N–H and O–H groups in total. The van der Waals surface area contributed by atoms with E-state index < -0.39 is 0 Å². The Bertz CT molecular complexity index is 774. The molecule has 0 aliphatic rings. The van der Waals surface area contributed by atoms with Crippen molar-refractivity contribution in [2.24, 2.45) is 5.92 Å². The summed E-state index contributed by atoms with van der Waals surface area (Å²) in [7, 11) is 0. The number of fused-ring (bicyclic) bond motifs is 1. The number of rotatable bonds is 5. The average Bonchev–Trinajstić information content (AvgIpc) is 3.08. The largest absolute Gasteiger partial charge is 0.345 e. The zero-order valence-corrected chi connectivity index (χ0v) is 13.6. The van der Waals surface area contributed by atoms with Gasteiger partial charge in [-0.15, -0.1) is 11.3 Å². The van der Waals surface area contributed by atoms with Crippen LogP contribution in [0.3, 0.4) is 0 Å². The molecule has 0 radical (unpaired) electrons. The van der Waals surface area contributed by atoms with E-state index in [1.165, 1.54) is 0 Å². The van der Waals surface area contributed by atoms with Gasteiger partial charge in [-0.3, -0.25) is 9.78 Å². The lowest BCUT2D eigenvalue weighted by Gasteiger charge is -2.12. The third-order valence-electron chi connectivity index (χ3n) is 3.46. The Morgan fingerprint density at radius 3 is 2.95 bits per heavy atom. The fraction of sp³-hybridized carbons (Fsp3) is 0.294. The van der Waals surface area contributed by atoms with Crippen LogP contribution in [0.1, 0.15) is 30.0 Å². The minimum Gasteiger partial charge on any atom is -0.345 e. The van der Waals surface area contributed by atoms with Gasteiger partial charge >= 0.3 is 0 Å². The maximum atomic E-state index is 12.5. The Morgan fingerprint density at radius 2 is 2.23 bits per heavy atom. The van der Waals surface area contributed by atoms with Crippen LogP contribution in [0.2, 0.25) is 0 Å². The first-order chi connectivity index (χ1) is 10.6. The third-order valence-corrected chi connectivity index (χ3v) is 4.31. The van der Waals surface area contributed by atoms with Crippen molar-refractivity contribution in [3.05, 3.63) is 53.3 Å². The molecule has 0 spiro atoms. The minimum atomic E-state index is -0.0466. The van der Waals surface area contributed by atoms with Crippen molar-refractivity contribution < 1.29 is 4.79 Å². The van der Waals surface area contributed by atoms with Gasteiger partial charge in [0.1, 0.15) is 5.69 Å². The number of nitrogens with one attached hydrogen (secondary N) is 1. The number of thiophene rings is 1. The molecule has 3 aromatic heterocycles. The van der Waals surface area contributed by atoms with Crippen molar-refractivity contribution in [3.8, 4) is 0 Å². The van der Waals surface area contributed by atoms with Crippen molar-refractivity contribution in [2.45, 2.75) is 26.9 Å². The summed E-state index contributed by atoms with van der Waals surface area (Å²) < 4.78 is 3.27. The summed E-state index contributed by atoms with van der Waals surface area (Å²) in [6, 6.07) is 9.76. The topological polar surface area (TPSA) is 46.9 Å². The number of carbonyl (C=O) groups excluding carboxylic acids is 1. The number of hydrogen-bond acceptors (Lipinski definition) is 3. The monoisotopic (exact) mass is 313 g/mol. The van der Waals surface area contributed by atoms with Crippen LogP contribution in [-0.4, -0.2) is 15.5 Å². The predicted molar refractivity (Wildman–Crippen MR) is 90.1 cm³/mol. The molecular weight excluding hydrogens is 294 g/mol. The van der Waals surface area contributed by atoms with Crippen LogP contribution < -0.4 is 5.32 Å². The molecule has 0 aliphatic heterocycles. The number of hydrogen-bond donors (Lipinski definition) is 1. The molecular formula is C17H19N3OS. The van der Waals surface area contributed by atoms with Crippen molar-refractivity contribution >= 4 is 27.5 Å². The highest BCUT2D eigenvalue weighted by atomic mass is 32.1. The van der Waals surface area contributed by atoms with Crippen LogP contribution in [0.25, 0.3) is 10.2 Å². The van der Waals surface area contributed by atoms with Crippen LogP contribution in [0.5, 0.6) is 0 Å². The lowest BCUT2D eigenvalue weighted by atomic mass is 10.2. The molecule has 1 amide bonds. The van der Waals surface area contributed by atoms with E-state index >= 15 is 0 Å². The lowest BCUT2D eigenvalue weighted by Crippen LogP contribution is -2.26. The number of carbonyl (C=O) groups is 1. The van der Waals surface area contributed by atoms with Gasteiger partial charge in [-0.25, -0.2) is 0 Å². The minimum absolute atomic E-state index is 0.0466. The quantitative estimate of drug-likeness (QED) is 0.781. The summed E-state index contributed by atoms with van der Waals surface area (Å²) >= 11 is 1.67. The highest BCUT2D eigenvalue weighted by Gasteiger charge is 2.17. The van der Waals surface area contributed by atoms with Crippen LogP contribution >= 0.6 is 11.3 Å². The first kappa shape index (κ1) is 14.8. The normalized spacial score (nSPS) is 11.2. The highest BCUT2D eigenvalue weighted by molar-refractivity contribution is 7.17. The Kier molecular flexibility index (Phi) is 4.24. The van der Waals surface area contributed by atoms with E-state index in [0.717, 1.165) is 28.1 Å². The van der Waals surface area contributed by atoms with Gasteiger partial charge in [0.15, 0.2) is 0 Å². The van der Waals surface area contributed by atoms with Crippen molar-refractivity contribution in [2.75, 3.05) is 0 Å². The second-order valence-electron chi connectivity index (χ2n) is 5.71. The van der Waals surface area contributed by atoms with Gasteiger partial charge in [-0.05, 0) is 35.6 Å². The molecule has 0 saturated heterocycles. The molecule has 0 unspecified atom stereocenters. The molecule has 22 heavy (non-hydrogen) atoms. The smallest absolute Gasteiger partial charge is 0.268 e.